The SMILES string of the molecule is O=C(C=Cc1ccc(O)c(O)c1)OCC1OC(Oc2cc3c(OC4OC(CO)C(O)C(O)C4O)cc(O)cc3[o+]c2-c2ccc(O)cc2)C(O)C(O)C1O. The molecule has 2 fully saturated rings. The predicted octanol–water partition coefficient (Wildman–Crippen LogP) is -0.175. The average molecular weight is 758 g/mol. The smallest absolute Gasteiger partial charge is 0.402 e. The van der Waals surface area contributed by atoms with Gasteiger partial charge in [-0.15, -0.1) is 0 Å². The lowest BCUT2D eigenvalue weighted by Gasteiger charge is -2.39. The second-order valence-corrected chi connectivity index (χ2v) is 12.5. The van der Waals surface area contributed by atoms with Gasteiger partial charge in [0.05, 0.1) is 18.2 Å². The number of esters is 1. The molecule has 10 atom stereocenters. The number of phenolic OH excluding ortho intramolecular Hbond substituents is 4. The van der Waals surface area contributed by atoms with Gasteiger partial charge in [-0.2, -0.15) is 0 Å². The highest BCUT2D eigenvalue weighted by Crippen LogP contribution is 2.42. The molecule has 0 spiro atoms. The summed E-state index contributed by atoms with van der Waals surface area (Å²) in [6.45, 7) is -1.36. The Balaban J connectivity index is 1.29. The van der Waals surface area contributed by atoms with Crippen LogP contribution in [0.4, 0.5) is 0 Å². The third-order valence-electron chi connectivity index (χ3n) is 8.73. The summed E-state index contributed by atoms with van der Waals surface area (Å²) in [5.41, 5.74) is 0.617. The van der Waals surface area contributed by atoms with E-state index >= 15 is 0 Å². The summed E-state index contributed by atoms with van der Waals surface area (Å²) in [5, 5.41) is 113. The lowest BCUT2D eigenvalue weighted by Crippen LogP contribution is -2.60. The number of benzene rings is 3. The standard InChI is InChI=1S/C36H36O18/c37-13-25-28(43)30(45)32(47)35(53-25)51-23-11-18(39)10-22-19(23)12-24(34(50-22)16-3-5-17(38)6-4-16)52-36-33(48)31(46)29(44)26(54-36)14-49-27(42)8-2-15-1-7-20(40)21(41)9-15/h1-12,25-26,28-33,35-37,43-48H,13-14H2,(H3-,38,39,40,41,42)/p+1. The highest BCUT2D eigenvalue weighted by Gasteiger charge is 2.47. The van der Waals surface area contributed by atoms with Gasteiger partial charge < -0.3 is 79.9 Å². The summed E-state index contributed by atoms with van der Waals surface area (Å²) in [7, 11) is 0. The molecule has 288 valence electrons. The highest BCUT2D eigenvalue weighted by atomic mass is 16.7. The quantitative estimate of drug-likeness (QED) is 0.0433. The average Bonchev–Trinajstić information content (AvgIpc) is 3.15. The molecule has 0 aliphatic carbocycles. The minimum Gasteiger partial charge on any atom is -0.508 e. The Hall–Kier alpha value is -5.28. The molecule has 10 unspecified atom stereocenters. The van der Waals surface area contributed by atoms with E-state index in [9.17, 15) is 61.0 Å². The Morgan fingerprint density at radius 1 is 0.685 bits per heavy atom. The maximum absolute atomic E-state index is 12.4. The minimum absolute atomic E-state index is 0.0362. The van der Waals surface area contributed by atoms with Crippen LogP contribution in [0.15, 0.2) is 71.2 Å². The van der Waals surface area contributed by atoms with E-state index < -0.39 is 86.3 Å². The summed E-state index contributed by atoms with van der Waals surface area (Å²) in [5.74, 6) is -2.61. The van der Waals surface area contributed by atoms with Gasteiger partial charge in [-0.05, 0) is 48.0 Å². The van der Waals surface area contributed by atoms with Crippen molar-refractivity contribution in [3.63, 3.8) is 0 Å². The normalized spacial score (nSPS) is 28.6. The third kappa shape index (κ3) is 8.11. The zero-order valence-corrected chi connectivity index (χ0v) is 27.9. The van der Waals surface area contributed by atoms with Crippen LogP contribution in [-0.4, -0.2) is 137 Å². The van der Waals surface area contributed by atoms with E-state index in [-0.39, 0.29) is 45.5 Å². The van der Waals surface area contributed by atoms with Gasteiger partial charge in [0, 0.05) is 18.2 Å². The van der Waals surface area contributed by atoms with Gasteiger partial charge in [0.2, 0.25) is 18.3 Å². The van der Waals surface area contributed by atoms with Crippen molar-refractivity contribution in [1.29, 1.82) is 0 Å². The second-order valence-electron chi connectivity index (χ2n) is 12.5. The van der Waals surface area contributed by atoms with E-state index in [1.807, 2.05) is 0 Å². The molecule has 18 nitrogen and oxygen atoms in total. The van der Waals surface area contributed by atoms with Crippen molar-refractivity contribution in [1.82, 2.24) is 0 Å². The van der Waals surface area contributed by atoms with E-state index in [0.717, 1.165) is 12.1 Å². The van der Waals surface area contributed by atoms with Gasteiger partial charge >= 0.3 is 17.3 Å². The van der Waals surface area contributed by atoms with Gasteiger partial charge in [0.1, 0.15) is 78.1 Å². The van der Waals surface area contributed by atoms with Gasteiger partial charge in [-0.3, -0.25) is 0 Å². The third-order valence-corrected chi connectivity index (χ3v) is 8.73. The highest BCUT2D eigenvalue weighted by molar-refractivity contribution is 5.89. The molecule has 2 aliphatic rings. The number of rotatable bonds is 10. The van der Waals surface area contributed by atoms with Crippen molar-refractivity contribution < 1.29 is 89.1 Å². The van der Waals surface area contributed by atoms with Crippen LogP contribution in [0.2, 0.25) is 0 Å². The molecule has 11 N–H and O–H groups in total. The Bertz CT molecular complexity index is 1980. The molecule has 2 saturated heterocycles. The van der Waals surface area contributed by atoms with E-state index in [1.165, 1.54) is 60.7 Å². The van der Waals surface area contributed by atoms with Crippen LogP contribution in [0.3, 0.4) is 0 Å². The molecule has 0 bridgehead atoms. The number of aliphatic hydroxyl groups excluding tert-OH is 7. The minimum atomic E-state index is -1.89. The van der Waals surface area contributed by atoms with Gasteiger partial charge in [-0.25, -0.2) is 9.21 Å². The number of fused-ring (bicyclic) bond motifs is 1. The van der Waals surface area contributed by atoms with E-state index in [4.69, 9.17) is 28.1 Å². The molecule has 3 aromatic carbocycles. The molecule has 0 radical (unpaired) electrons. The molecule has 3 heterocycles. The number of aromatic hydroxyl groups is 4. The first kappa shape index (κ1) is 38.4. The molecular weight excluding hydrogens is 720 g/mol. The number of hydrogen-bond donors (Lipinski definition) is 11. The summed E-state index contributed by atoms with van der Waals surface area (Å²) in [6.07, 6.45) is -14.7. The fourth-order valence-electron chi connectivity index (χ4n) is 5.76. The largest absolute Gasteiger partial charge is 0.508 e. The Labute approximate surface area is 304 Å². The van der Waals surface area contributed by atoms with Crippen molar-refractivity contribution >= 4 is 23.0 Å². The molecule has 0 saturated carbocycles. The summed E-state index contributed by atoms with van der Waals surface area (Å²) < 4.78 is 34.3. The second kappa shape index (κ2) is 16.0. The topological polar surface area (TPSA) is 297 Å². The van der Waals surface area contributed by atoms with Crippen LogP contribution in [-0.2, 0) is 19.0 Å². The zero-order chi connectivity index (χ0) is 38.8. The first-order valence-electron chi connectivity index (χ1n) is 16.4. The van der Waals surface area contributed by atoms with Crippen LogP contribution in [0.1, 0.15) is 5.56 Å². The molecular formula is C36H37O18+. The first-order chi connectivity index (χ1) is 25.7. The first-order valence-corrected chi connectivity index (χ1v) is 16.4. The number of carbonyl (C=O) groups excluding carboxylic acids is 1. The van der Waals surface area contributed by atoms with Crippen molar-refractivity contribution in [2.45, 2.75) is 61.4 Å². The van der Waals surface area contributed by atoms with Crippen LogP contribution >= 0.6 is 0 Å². The number of hydrogen-bond acceptors (Lipinski definition) is 17. The van der Waals surface area contributed by atoms with Crippen molar-refractivity contribution in [2.24, 2.45) is 0 Å². The Morgan fingerprint density at radius 2 is 1.31 bits per heavy atom. The summed E-state index contributed by atoms with van der Waals surface area (Å²) in [4.78, 5) is 12.4. The number of ether oxygens (including phenoxy) is 5. The maximum Gasteiger partial charge on any atom is 0.402 e. The van der Waals surface area contributed by atoms with Crippen molar-refractivity contribution in [3.8, 4) is 45.8 Å². The Morgan fingerprint density at radius 3 is 1.96 bits per heavy atom. The van der Waals surface area contributed by atoms with Gasteiger partial charge in [0.15, 0.2) is 11.5 Å². The van der Waals surface area contributed by atoms with Crippen LogP contribution in [0.25, 0.3) is 28.4 Å². The molecule has 2 aliphatic heterocycles. The number of carbonyl (C=O) groups is 1. The van der Waals surface area contributed by atoms with Crippen LogP contribution in [0, 0.1) is 0 Å². The maximum atomic E-state index is 12.4. The fraction of sp³-hybridized carbons (Fsp3) is 0.333. The number of aliphatic hydroxyl groups is 7. The van der Waals surface area contributed by atoms with E-state index in [1.54, 1.807) is 0 Å². The van der Waals surface area contributed by atoms with Gasteiger partial charge in [-0.1, -0.05) is 6.07 Å². The molecule has 1 aromatic heterocycles. The predicted molar refractivity (Wildman–Crippen MR) is 181 cm³/mol. The molecule has 6 rings (SSSR count). The van der Waals surface area contributed by atoms with Crippen LogP contribution < -0.4 is 9.47 Å². The van der Waals surface area contributed by atoms with Crippen molar-refractivity contribution in [2.75, 3.05) is 13.2 Å². The summed E-state index contributed by atoms with van der Waals surface area (Å²) >= 11 is 0. The molecule has 18 heteroatoms. The lowest BCUT2D eigenvalue weighted by molar-refractivity contribution is -0.278. The zero-order valence-electron chi connectivity index (χ0n) is 27.9. The lowest BCUT2D eigenvalue weighted by atomic mass is 9.99. The monoisotopic (exact) mass is 757 g/mol. The van der Waals surface area contributed by atoms with E-state index in [0.29, 0.717) is 11.1 Å². The van der Waals surface area contributed by atoms with Crippen LogP contribution in [0.5, 0.6) is 34.5 Å². The fourth-order valence-corrected chi connectivity index (χ4v) is 5.76. The molecule has 0 amide bonds. The summed E-state index contributed by atoms with van der Waals surface area (Å²) in [6, 6.07) is 13.0. The van der Waals surface area contributed by atoms with Gasteiger partial charge in [0.25, 0.3) is 0 Å². The molecule has 4 aromatic rings. The van der Waals surface area contributed by atoms with Crippen molar-refractivity contribution in [3.05, 3.63) is 72.3 Å². The van der Waals surface area contributed by atoms with E-state index in [2.05, 4.69) is 0 Å². The molecule has 54 heavy (non-hydrogen) atoms. The Kier molecular flexibility index (Phi) is 11.4. The number of phenols is 4.